The van der Waals surface area contributed by atoms with Gasteiger partial charge in [-0.05, 0) is 37.1 Å². The number of nitrogens with zero attached hydrogens (tertiary/aromatic N) is 14. The highest BCUT2D eigenvalue weighted by atomic mass is 16.4. The van der Waals surface area contributed by atoms with Crippen molar-refractivity contribution in [2.75, 3.05) is 36.0 Å². The number of hydrogen-bond donors (Lipinski definition) is 3. The number of carbonyl (C=O) groups excluding carboxylic acids is 1. The number of rotatable bonds is 7. The third kappa shape index (κ3) is 9.37. The molecule has 2 unspecified atom stereocenters. The van der Waals surface area contributed by atoms with E-state index in [4.69, 9.17) is 10.8 Å². The van der Waals surface area contributed by atoms with Gasteiger partial charge in [-0.25, -0.2) is 44.1 Å². The zero-order valence-corrected chi connectivity index (χ0v) is 30.5. The molecule has 2 aliphatic rings. The maximum Gasteiger partial charge on any atom is 0.375 e. The van der Waals surface area contributed by atoms with Gasteiger partial charge in [-0.3, -0.25) is 4.79 Å². The van der Waals surface area contributed by atoms with Gasteiger partial charge in [-0.2, -0.15) is 0 Å². The highest BCUT2D eigenvalue weighted by Crippen LogP contribution is 2.23. The lowest BCUT2D eigenvalue weighted by Gasteiger charge is -2.18. The molecular weight excluding hydrogens is 753 g/mol. The minimum Gasteiger partial charge on any atom is -0.475 e. The third-order valence-corrected chi connectivity index (χ3v) is 9.35. The predicted octanol–water partition coefficient (Wildman–Crippen LogP) is 3.82. The molecule has 1 amide bonds. The first-order chi connectivity index (χ1) is 27.9. The van der Waals surface area contributed by atoms with Crippen molar-refractivity contribution in [1.29, 1.82) is 0 Å². The average molecular weight is 799 g/mol. The number of anilines is 2. The van der Waals surface area contributed by atoms with E-state index in [1.165, 1.54) is 11.0 Å². The summed E-state index contributed by atoms with van der Waals surface area (Å²) >= 11 is 0. The largest absolute Gasteiger partial charge is 0.475 e. The minimum atomic E-state index is -1.13. The Kier molecular flexibility index (Phi) is 13.0. The Balaban J connectivity index is 0.000000160. The molecule has 2 fully saturated rings. The van der Waals surface area contributed by atoms with E-state index in [0.29, 0.717) is 6.54 Å². The summed E-state index contributed by atoms with van der Waals surface area (Å²) < 4.78 is 6.93. The number of nitrogens with one attached hydrogen (secondary N) is 1. The Morgan fingerprint density at radius 3 is 1.59 bits per heavy atom. The summed E-state index contributed by atoms with van der Waals surface area (Å²) in [4.78, 5) is 52.7. The highest BCUT2D eigenvalue weighted by molar-refractivity contribution is 5.90. The van der Waals surface area contributed by atoms with Gasteiger partial charge in [0.15, 0.2) is 22.9 Å². The zero-order valence-electron chi connectivity index (χ0n) is 30.5. The molecule has 304 valence electrons. The quantitative estimate of drug-likeness (QED) is 0.209. The lowest BCUT2D eigenvalue weighted by molar-refractivity contribution is 0.0683. The number of amides is 1. The van der Waals surface area contributed by atoms with E-state index >= 15 is 0 Å². The van der Waals surface area contributed by atoms with Crippen molar-refractivity contribution in [3.63, 3.8) is 0 Å². The van der Waals surface area contributed by atoms with Gasteiger partial charge in [0, 0.05) is 87.8 Å². The topological polar surface area (TPSA) is 221 Å². The van der Waals surface area contributed by atoms with Gasteiger partial charge in [-0.15, -0.1) is 10.2 Å². The molecule has 2 aliphatic heterocycles. The number of carboxylic acids is 1. The van der Waals surface area contributed by atoms with Gasteiger partial charge in [0.2, 0.25) is 5.82 Å². The van der Waals surface area contributed by atoms with Crippen LogP contribution in [-0.2, 0) is 0 Å². The number of carbonyl (C=O) groups is 2. The second kappa shape index (κ2) is 18.6. The normalized spacial score (nSPS) is 15.7. The van der Waals surface area contributed by atoms with Crippen LogP contribution in [0.3, 0.4) is 0 Å². The number of carboxylic acid groups (broad SMARTS) is 1. The van der Waals surface area contributed by atoms with E-state index in [1.807, 2.05) is 94.3 Å². The van der Waals surface area contributed by atoms with Crippen LogP contribution in [0.5, 0.6) is 0 Å². The minimum absolute atomic E-state index is 0. The number of para-hydroxylation sites is 2. The summed E-state index contributed by atoms with van der Waals surface area (Å²) in [6.07, 6.45) is 19.5. The number of nitrogens with two attached hydrogens (primary N) is 1. The standard InChI is InChI=1S/C19H18N8O.C10H13N5.C9H7N3O2.2CH4/c28-19(16-22-13-27(24-16)15-4-2-1-3-5-15)23-14-6-9-26(12-14)18-17-20-7-10-25(17)11-8-21-18;11-8-1-4-15(7-8)10-9-12-2-5-14(9)6-3-13-10;13-9(14)8-10-6-12(11-8)7-4-2-1-3-5-7;;/h1-5,7-8,10-11,13-14H,6,9,12H2,(H,23,28);2-3,5-6,8H,1,4,7,11H2;1-6H,(H,13,14);2*1H4. The van der Waals surface area contributed by atoms with Crippen LogP contribution < -0.4 is 20.9 Å². The molecule has 59 heavy (non-hydrogen) atoms. The molecule has 4 N–H and O–H groups in total. The lowest BCUT2D eigenvalue weighted by Crippen LogP contribution is -2.37. The Hall–Kier alpha value is -7.54. The Labute approximate surface area is 339 Å². The summed E-state index contributed by atoms with van der Waals surface area (Å²) in [7, 11) is 0. The summed E-state index contributed by atoms with van der Waals surface area (Å²) in [5.74, 6) is 0.337. The predicted molar refractivity (Wildman–Crippen MR) is 222 cm³/mol. The molecule has 10 rings (SSSR count). The fourth-order valence-electron chi connectivity index (χ4n) is 6.56. The first-order valence-electron chi connectivity index (χ1n) is 18.2. The van der Waals surface area contributed by atoms with E-state index in [0.717, 1.165) is 66.8 Å². The summed E-state index contributed by atoms with van der Waals surface area (Å²) in [5, 5.41) is 19.7. The van der Waals surface area contributed by atoms with Crippen LogP contribution >= 0.6 is 0 Å². The van der Waals surface area contributed by atoms with Crippen molar-refractivity contribution in [3.05, 3.63) is 135 Å². The second-order valence-corrected chi connectivity index (χ2v) is 13.2. The molecule has 19 nitrogen and oxygen atoms in total. The molecule has 0 saturated carbocycles. The second-order valence-electron chi connectivity index (χ2n) is 13.2. The summed E-state index contributed by atoms with van der Waals surface area (Å²) in [6.45, 7) is 3.32. The van der Waals surface area contributed by atoms with Crippen molar-refractivity contribution in [2.45, 2.75) is 39.8 Å². The molecule has 0 aliphatic carbocycles. The van der Waals surface area contributed by atoms with E-state index in [2.05, 4.69) is 55.2 Å². The fraction of sp³-hybridized carbons (Fsp3) is 0.250. The van der Waals surface area contributed by atoms with Crippen molar-refractivity contribution >= 4 is 34.8 Å². The molecule has 0 spiro atoms. The van der Waals surface area contributed by atoms with Crippen LogP contribution in [0.4, 0.5) is 11.6 Å². The van der Waals surface area contributed by atoms with Gasteiger partial charge in [-0.1, -0.05) is 51.3 Å². The smallest absolute Gasteiger partial charge is 0.375 e. The number of aromatic carboxylic acids is 1. The molecule has 2 aromatic carbocycles. The molecule has 2 saturated heterocycles. The first-order valence-corrected chi connectivity index (χ1v) is 18.2. The zero-order chi connectivity index (χ0) is 39.1. The van der Waals surface area contributed by atoms with Crippen LogP contribution in [-0.4, -0.2) is 114 Å². The van der Waals surface area contributed by atoms with Crippen molar-refractivity contribution < 1.29 is 14.7 Å². The SMILES string of the molecule is C.C.NC1CCN(c2nccn3ccnc23)C1.O=C(NC1CCN(c2nccn3ccnc23)C1)c1ncn(-c2ccccc2)n1.O=C(O)c1ncn(-c2ccccc2)n1. The van der Waals surface area contributed by atoms with Gasteiger partial charge < -0.3 is 34.8 Å². The maximum atomic E-state index is 12.6. The third-order valence-electron chi connectivity index (χ3n) is 9.35. The van der Waals surface area contributed by atoms with Crippen LogP contribution in [0, 0.1) is 0 Å². The van der Waals surface area contributed by atoms with E-state index in [1.54, 1.807) is 35.8 Å². The number of fused-ring (bicyclic) bond motifs is 2. The van der Waals surface area contributed by atoms with Crippen LogP contribution in [0.1, 0.15) is 48.9 Å². The maximum absolute atomic E-state index is 12.6. The molecule has 0 radical (unpaired) electrons. The average Bonchev–Trinajstić information content (AvgIpc) is 4.10. The van der Waals surface area contributed by atoms with Crippen LogP contribution in [0.25, 0.3) is 22.7 Å². The summed E-state index contributed by atoms with van der Waals surface area (Å²) in [6, 6.07) is 19.1. The number of hydrogen-bond acceptors (Lipinski definition) is 13. The fourth-order valence-corrected chi connectivity index (χ4v) is 6.56. The number of aromatic nitrogens is 12. The molecule has 2 atom stereocenters. The molecule has 8 aromatic rings. The van der Waals surface area contributed by atoms with Crippen LogP contribution in [0.2, 0.25) is 0 Å². The lowest BCUT2D eigenvalue weighted by atomic mass is 10.2. The van der Waals surface area contributed by atoms with Crippen molar-refractivity contribution in [3.8, 4) is 11.4 Å². The monoisotopic (exact) mass is 798 g/mol. The van der Waals surface area contributed by atoms with Gasteiger partial charge in [0.1, 0.15) is 12.7 Å². The number of imidazole rings is 2. The molecule has 6 aromatic heterocycles. The van der Waals surface area contributed by atoms with E-state index in [9.17, 15) is 9.59 Å². The van der Waals surface area contributed by atoms with Crippen molar-refractivity contribution in [1.82, 2.24) is 63.6 Å². The molecular formula is C40H46N16O3. The van der Waals surface area contributed by atoms with E-state index in [-0.39, 0.29) is 44.5 Å². The Morgan fingerprint density at radius 1 is 0.627 bits per heavy atom. The molecule has 8 heterocycles. The highest BCUT2D eigenvalue weighted by Gasteiger charge is 2.28. The Bertz CT molecular complexity index is 2590. The van der Waals surface area contributed by atoms with Crippen molar-refractivity contribution in [2.24, 2.45) is 5.73 Å². The summed E-state index contributed by atoms with van der Waals surface area (Å²) in [5.41, 5.74) is 9.26. The van der Waals surface area contributed by atoms with Gasteiger partial charge >= 0.3 is 5.97 Å². The first kappa shape index (κ1) is 41.1. The van der Waals surface area contributed by atoms with Crippen LogP contribution in [0.15, 0.2) is 123 Å². The number of benzene rings is 2. The van der Waals surface area contributed by atoms with E-state index < -0.39 is 5.97 Å². The van der Waals surface area contributed by atoms with Gasteiger partial charge in [0.25, 0.3) is 11.7 Å². The van der Waals surface area contributed by atoms with Gasteiger partial charge in [0.05, 0.1) is 11.4 Å². The molecule has 19 heteroatoms. The Morgan fingerprint density at radius 2 is 1.10 bits per heavy atom. The molecule has 0 bridgehead atoms.